The van der Waals surface area contributed by atoms with Gasteiger partial charge in [0.05, 0.1) is 0 Å². The number of amides is 1. The van der Waals surface area contributed by atoms with Crippen LogP contribution in [0.25, 0.3) is 0 Å². The maximum Gasteiger partial charge on any atom is 0.253 e. The Morgan fingerprint density at radius 1 is 1.22 bits per heavy atom. The van der Waals surface area contributed by atoms with Crippen molar-refractivity contribution in [3.8, 4) is 0 Å². The van der Waals surface area contributed by atoms with Crippen LogP contribution in [0.15, 0.2) is 35.7 Å². The standard InChI is InChI=1S/C19H26FN3O3S/c1-2-9-21-27(25,26)18-14-15(7-8-17(18)20)19(24)23-12-10-22(11-13-23)16-5-3-4-6-16/h2,7-8,14,16,21H,1,3-6,9-13H2. The van der Waals surface area contributed by atoms with Gasteiger partial charge in [-0.05, 0) is 31.0 Å². The number of sulfonamides is 1. The van der Waals surface area contributed by atoms with Crippen molar-refractivity contribution in [3.63, 3.8) is 0 Å². The van der Waals surface area contributed by atoms with E-state index in [9.17, 15) is 17.6 Å². The fraction of sp³-hybridized carbons (Fsp3) is 0.526. The van der Waals surface area contributed by atoms with Crippen LogP contribution in [-0.4, -0.2) is 62.9 Å². The number of benzene rings is 1. The second-order valence-corrected chi connectivity index (χ2v) is 8.79. The van der Waals surface area contributed by atoms with E-state index in [0.717, 1.165) is 25.2 Å². The van der Waals surface area contributed by atoms with E-state index in [1.807, 2.05) is 0 Å². The van der Waals surface area contributed by atoms with Crippen molar-refractivity contribution in [3.05, 3.63) is 42.2 Å². The average molecular weight is 396 g/mol. The number of hydrogen-bond acceptors (Lipinski definition) is 4. The fourth-order valence-electron chi connectivity index (χ4n) is 3.83. The van der Waals surface area contributed by atoms with Gasteiger partial charge in [0.1, 0.15) is 10.7 Å². The second-order valence-electron chi connectivity index (χ2n) is 7.05. The van der Waals surface area contributed by atoms with Crippen molar-refractivity contribution in [1.82, 2.24) is 14.5 Å². The average Bonchev–Trinajstić information content (AvgIpc) is 3.21. The highest BCUT2D eigenvalue weighted by atomic mass is 32.2. The van der Waals surface area contributed by atoms with Gasteiger partial charge in [0, 0.05) is 44.3 Å². The minimum atomic E-state index is -4.03. The Kier molecular flexibility index (Phi) is 6.29. The van der Waals surface area contributed by atoms with Crippen LogP contribution in [0.2, 0.25) is 0 Å². The van der Waals surface area contributed by atoms with Crippen LogP contribution >= 0.6 is 0 Å². The van der Waals surface area contributed by atoms with E-state index in [-0.39, 0.29) is 18.0 Å². The largest absolute Gasteiger partial charge is 0.336 e. The summed E-state index contributed by atoms with van der Waals surface area (Å²) in [5.41, 5.74) is 0.185. The molecule has 1 saturated heterocycles. The van der Waals surface area contributed by atoms with Gasteiger partial charge in [0.25, 0.3) is 5.91 Å². The Labute approximate surface area is 160 Å². The minimum absolute atomic E-state index is 0.0108. The lowest BCUT2D eigenvalue weighted by Crippen LogP contribution is -2.51. The Balaban J connectivity index is 1.70. The van der Waals surface area contributed by atoms with E-state index in [1.165, 1.54) is 37.8 Å². The molecule has 2 aliphatic rings. The van der Waals surface area contributed by atoms with Crippen LogP contribution in [0.4, 0.5) is 4.39 Å². The Morgan fingerprint density at radius 2 is 1.89 bits per heavy atom. The molecule has 6 nitrogen and oxygen atoms in total. The number of hydrogen-bond donors (Lipinski definition) is 1. The monoisotopic (exact) mass is 395 g/mol. The van der Waals surface area contributed by atoms with Gasteiger partial charge in [-0.3, -0.25) is 9.69 Å². The van der Waals surface area contributed by atoms with Gasteiger partial charge in [-0.2, -0.15) is 0 Å². The molecule has 1 aromatic rings. The molecule has 1 aliphatic carbocycles. The lowest BCUT2D eigenvalue weighted by atomic mass is 10.1. The number of nitrogens with zero attached hydrogens (tertiary/aromatic N) is 2. The zero-order chi connectivity index (χ0) is 19.4. The third kappa shape index (κ3) is 4.56. The number of nitrogens with one attached hydrogen (secondary N) is 1. The summed E-state index contributed by atoms with van der Waals surface area (Å²) >= 11 is 0. The maximum absolute atomic E-state index is 14.0. The normalized spacial score (nSPS) is 19.4. The molecule has 8 heteroatoms. The Hall–Kier alpha value is -1.77. The van der Waals surface area contributed by atoms with Gasteiger partial charge in [0.2, 0.25) is 10.0 Å². The molecule has 0 atom stereocenters. The third-order valence-electron chi connectivity index (χ3n) is 5.33. The van der Waals surface area contributed by atoms with Crippen LogP contribution in [0.3, 0.4) is 0 Å². The topological polar surface area (TPSA) is 69.7 Å². The van der Waals surface area contributed by atoms with Crippen LogP contribution in [0.1, 0.15) is 36.0 Å². The summed E-state index contributed by atoms with van der Waals surface area (Å²) in [7, 11) is -4.03. The molecule has 1 saturated carbocycles. The molecule has 0 unspecified atom stereocenters. The molecule has 0 bridgehead atoms. The third-order valence-corrected chi connectivity index (χ3v) is 6.77. The SMILES string of the molecule is C=CCNS(=O)(=O)c1cc(C(=O)N2CCN(C3CCCC3)CC2)ccc1F. The highest BCUT2D eigenvalue weighted by molar-refractivity contribution is 7.89. The van der Waals surface area contributed by atoms with Gasteiger partial charge in [-0.25, -0.2) is 17.5 Å². The molecular formula is C19H26FN3O3S. The smallest absolute Gasteiger partial charge is 0.253 e. The molecular weight excluding hydrogens is 369 g/mol. The van der Waals surface area contributed by atoms with Crippen molar-refractivity contribution in [2.24, 2.45) is 0 Å². The predicted octanol–water partition coefficient (Wildman–Crippen LogP) is 1.99. The lowest BCUT2D eigenvalue weighted by Gasteiger charge is -2.38. The number of halogens is 1. The number of carbonyl (C=O) groups excluding carboxylic acids is 1. The zero-order valence-corrected chi connectivity index (χ0v) is 16.2. The van der Waals surface area contributed by atoms with E-state index in [4.69, 9.17) is 0 Å². The van der Waals surface area contributed by atoms with Gasteiger partial charge in [-0.1, -0.05) is 18.9 Å². The molecule has 0 radical (unpaired) electrons. The highest BCUT2D eigenvalue weighted by Crippen LogP contribution is 2.25. The lowest BCUT2D eigenvalue weighted by molar-refractivity contribution is 0.0573. The predicted molar refractivity (Wildman–Crippen MR) is 102 cm³/mol. The molecule has 148 valence electrons. The van der Waals surface area contributed by atoms with E-state index in [0.29, 0.717) is 19.1 Å². The molecule has 1 aromatic carbocycles. The van der Waals surface area contributed by atoms with Crippen molar-refractivity contribution in [2.45, 2.75) is 36.6 Å². The van der Waals surface area contributed by atoms with E-state index < -0.39 is 20.7 Å². The fourth-order valence-corrected chi connectivity index (χ4v) is 4.93. The molecule has 1 aliphatic heterocycles. The first-order valence-electron chi connectivity index (χ1n) is 9.36. The number of piperazine rings is 1. The molecule has 27 heavy (non-hydrogen) atoms. The summed E-state index contributed by atoms with van der Waals surface area (Å²) in [5.74, 6) is -1.14. The molecule has 3 rings (SSSR count). The van der Waals surface area contributed by atoms with Crippen LogP contribution < -0.4 is 4.72 Å². The molecule has 1 amide bonds. The molecule has 0 aromatic heterocycles. The minimum Gasteiger partial charge on any atom is -0.336 e. The maximum atomic E-state index is 14.0. The van der Waals surface area contributed by atoms with E-state index in [2.05, 4.69) is 16.2 Å². The molecule has 2 fully saturated rings. The van der Waals surface area contributed by atoms with E-state index >= 15 is 0 Å². The van der Waals surface area contributed by atoms with Crippen molar-refractivity contribution < 1.29 is 17.6 Å². The molecule has 0 spiro atoms. The van der Waals surface area contributed by atoms with Gasteiger partial charge >= 0.3 is 0 Å². The Bertz CT molecular complexity index is 798. The number of rotatable bonds is 6. The van der Waals surface area contributed by atoms with Crippen molar-refractivity contribution in [1.29, 1.82) is 0 Å². The van der Waals surface area contributed by atoms with Crippen LogP contribution in [0, 0.1) is 5.82 Å². The summed E-state index contributed by atoms with van der Waals surface area (Å²) < 4.78 is 40.7. The van der Waals surface area contributed by atoms with Gasteiger partial charge in [0.15, 0.2) is 0 Å². The first kappa shape index (κ1) is 20.0. The summed E-state index contributed by atoms with van der Waals surface area (Å²) in [6.45, 7) is 6.27. The quantitative estimate of drug-likeness (QED) is 0.748. The second kappa shape index (κ2) is 8.50. The first-order valence-corrected chi connectivity index (χ1v) is 10.8. The van der Waals surface area contributed by atoms with E-state index in [1.54, 1.807) is 4.90 Å². The molecule has 1 N–H and O–H groups in total. The number of carbonyl (C=O) groups is 1. The van der Waals surface area contributed by atoms with Gasteiger partial charge < -0.3 is 4.90 Å². The summed E-state index contributed by atoms with van der Waals surface area (Å²) in [5, 5.41) is 0. The Morgan fingerprint density at radius 3 is 2.52 bits per heavy atom. The summed E-state index contributed by atoms with van der Waals surface area (Å²) in [6, 6.07) is 4.12. The van der Waals surface area contributed by atoms with Gasteiger partial charge in [-0.15, -0.1) is 6.58 Å². The summed E-state index contributed by atoms with van der Waals surface area (Å²) in [4.78, 5) is 16.4. The zero-order valence-electron chi connectivity index (χ0n) is 15.4. The molecule has 1 heterocycles. The van der Waals surface area contributed by atoms with Crippen LogP contribution in [0.5, 0.6) is 0 Å². The van der Waals surface area contributed by atoms with Crippen LogP contribution in [-0.2, 0) is 10.0 Å². The summed E-state index contributed by atoms with van der Waals surface area (Å²) in [6.07, 6.45) is 6.37. The first-order chi connectivity index (χ1) is 12.9. The highest BCUT2D eigenvalue weighted by Gasteiger charge is 2.29. The van der Waals surface area contributed by atoms with Crippen molar-refractivity contribution in [2.75, 3.05) is 32.7 Å². The van der Waals surface area contributed by atoms with Crippen molar-refractivity contribution >= 4 is 15.9 Å².